The van der Waals surface area contributed by atoms with Crippen LogP contribution < -0.4 is 4.74 Å². The summed E-state index contributed by atoms with van der Waals surface area (Å²) in [5.74, 6) is 0.768. The Balaban J connectivity index is 2.33. The Morgan fingerprint density at radius 3 is 2.55 bits per heavy atom. The Kier molecular flexibility index (Phi) is 4.22. The van der Waals surface area contributed by atoms with Gasteiger partial charge in [-0.2, -0.15) is 0 Å². The van der Waals surface area contributed by atoms with Crippen LogP contribution in [0.15, 0.2) is 36.4 Å². The molecule has 0 bridgehead atoms. The fraction of sp³-hybridized carbons (Fsp3) is 0.143. The molecule has 1 N–H and O–H groups in total. The maximum atomic E-state index is 10.6. The molecule has 104 valence electrons. The maximum absolute atomic E-state index is 10.6. The predicted molar refractivity (Wildman–Crippen MR) is 75.3 cm³/mol. The lowest BCUT2D eigenvalue weighted by Gasteiger charge is -2.11. The molecule has 0 fully saturated rings. The molecular formula is C14H12ClNO4. The lowest BCUT2D eigenvalue weighted by atomic mass is 10.1. The Hall–Kier alpha value is -2.11. The van der Waals surface area contributed by atoms with Gasteiger partial charge in [-0.15, -0.1) is 0 Å². The molecule has 2 aromatic carbocycles. The SMILES string of the molecule is Cc1ccc(Oc2ccc([N+](=O)[O-])cc2Cl)c(CO)c1. The minimum Gasteiger partial charge on any atom is -0.455 e. The van der Waals surface area contributed by atoms with Crippen molar-refractivity contribution >= 4 is 17.3 Å². The van der Waals surface area contributed by atoms with Crippen LogP contribution >= 0.6 is 11.6 Å². The van der Waals surface area contributed by atoms with E-state index in [1.54, 1.807) is 12.1 Å². The summed E-state index contributed by atoms with van der Waals surface area (Å²) in [5, 5.41) is 20.1. The molecule has 20 heavy (non-hydrogen) atoms. The molecule has 0 spiro atoms. The minimum absolute atomic E-state index is 0.103. The monoisotopic (exact) mass is 293 g/mol. The smallest absolute Gasteiger partial charge is 0.271 e. The largest absolute Gasteiger partial charge is 0.455 e. The molecule has 0 aliphatic heterocycles. The van der Waals surface area contributed by atoms with Crippen LogP contribution in [-0.2, 0) is 6.61 Å². The topological polar surface area (TPSA) is 72.6 Å². The fourth-order valence-electron chi connectivity index (χ4n) is 1.74. The Morgan fingerprint density at radius 2 is 1.95 bits per heavy atom. The number of aliphatic hydroxyl groups is 1. The molecule has 5 nitrogen and oxygen atoms in total. The molecule has 0 aliphatic rings. The first-order valence-corrected chi connectivity index (χ1v) is 6.21. The van der Waals surface area contributed by atoms with Gasteiger partial charge in [-0.25, -0.2) is 0 Å². The molecule has 2 rings (SSSR count). The summed E-state index contributed by atoms with van der Waals surface area (Å²) in [6.45, 7) is 1.74. The van der Waals surface area contributed by atoms with Crippen molar-refractivity contribution in [1.82, 2.24) is 0 Å². The highest BCUT2D eigenvalue weighted by Crippen LogP contribution is 2.34. The summed E-state index contributed by atoms with van der Waals surface area (Å²) < 4.78 is 5.61. The van der Waals surface area contributed by atoms with E-state index >= 15 is 0 Å². The third-order valence-corrected chi connectivity index (χ3v) is 3.03. The highest BCUT2D eigenvalue weighted by molar-refractivity contribution is 6.32. The number of ether oxygens (including phenoxy) is 1. The number of aliphatic hydroxyl groups excluding tert-OH is 1. The van der Waals surface area contributed by atoms with Crippen LogP contribution in [0.25, 0.3) is 0 Å². The molecule has 0 unspecified atom stereocenters. The van der Waals surface area contributed by atoms with Crippen LogP contribution in [0.3, 0.4) is 0 Å². The Bertz CT molecular complexity index is 658. The first-order valence-electron chi connectivity index (χ1n) is 5.83. The number of nitro benzene ring substituents is 1. The molecule has 0 atom stereocenters. The van der Waals surface area contributed by atoms with Gasteiger partial charge < -0.3 is 9.84 Å². The molecule has 0 amide bonds. The lowest BCUT2D eigenvalue weighted by Crippen LogP contribution is -1.94. The first kappa shape index (κ1) is 14.3. The summed E-state index contributed by atoms with van der Waals surface area (Å²) in [5.41, 5.74) is 1.52. The van der Waals surface area contributed by atoms with E-state index in [2.05, 4.69) is 0 Å². The van der Waals surface area contributed by atoms with Crippen molar-refractivity contribution in [3.8, 4) is 11.5 Å². The number of halogens is 1. The molecule has 0 heterocycles. The lowest BCUT2D eigenvalue weighted by molar-refractivity contribution is -0.384. The first-order chi connectivity index (χ1) is 9.51. The van der Waals surface area contributed by atoms with Crippen molar-refractivity contribution in [2.45, 2.75) is 13.5 Å². The summed E-state index contributed by atoms with van der Waals surface area (Å²) >= 11 is 5.96. The number of nitro groups is 1. The number of rotatable bonds is 4. The molecule has 0 aliphatic carbocycles. The zero-order chi connectivity index (χ0) is 14.7. The average molecular weight is 294 g/mol. The van der Waals surface area contributed by atoms with Crippen LogP contribution in [0.4, 0.5) is 5.69 Å². The average Bonchev–Trinajstić information content (AvgIpc) is 2.42. The Labute approximate surface area is 120 Å². The number of aryl methyl sites for hydroxylation is 1. The van der Waals surface area contributed by atoms with E-state index in [1.807, 2.05) is 13.0 Å². The van der Waals surface area contributed by atoms with Gasteiger partial charge in [0.2, 0.25) is 0 Å². The maximum Gasteiger partial charge on any atom is 0.271 e. The van der Waals surface area contributed by atoms with E-state index in [0.717, 1.165) is 5.56 Å². The standard InChI is InChI=1S/C14H12ClNO4/c1-9-2-4-13(10(6-9)8-17)20-14-5-3-11(16(18)19)7-12(14)15/h2-7,17H,8H2,1H3. The van der Waals surface area contributed by atoms with Crippen molar-refractivity contribution in [3.63, 3.8) is 0 Å². The third kappa shape index (κ3) is 3.07. The molecule has 0 aromatic heterocycles. The second-order valence-corrected chi connectivity index (χ2v) is 4.65. The van der Waals surface area contributed by atoms with E-state index < -0.39 is 4.92 Å². The zero-order valence-electron chi connectivity index (χ0n) is 10.7. The van der Waals surface area contributed by atoms with E-state index in [9.17, 15) is 15.2 Å². The molecule has 6 heteroatoms. The van der Waals surface area contributed by atoms with Crippen molar-refractivity contribution in [2.75, 3.05) is 0 Å². The van der Waals surface area contributed by atoms with Crippen LogP contribution in [0.5, 0.6) is 11.5 Å². The zero-order valence-corrected chi connectivity index (χ0v) is 11.4. The number of benzene rings is 2. The predicted octanol–water partition coefficient (Wildman–Crippen LogP) is 3.84. The third-order valence-electron chi connectivity index (χ3n) is 2.73. The van der Waals surface area contributed by atoms with Gasteiger partial charge in [0.05, 0.1) is 16.6 Å². The van der Waals surface area contributed by atoms with E-state index in [1.165, 1.54) is 18.2 Å². The van der Waals surface area contributed by atoms with Crippen molar-refractivity contribution < 1.29 is 14.8 Å². The fourth-order valence-corrected chi connectivity index (χ4v) is 1.95. The van der Waals surface area contributed by atoms with Gasteiger partial charge >= 0.3 is 0 Å². The van der Waals surface area contributed by atoms with E-state index in [4.69, 9.17) is 16.3 Å². The second-order valence-electron chi connectivity index (χ2n) is 4.24. The van der Waals surface area contributed by atoms with Crippen molar-refractivity contribution in [3.05, 3.63) is 62.7 Å². The summed E-state index contributed by atoms with van der Waals surface area (Å²) in [6, 6.07) is 9.33. The summed E-state index contributed by atoms with van der Waals surface area (Å²) in [7, 11) is 0. The van der Waals surface area contributed by atoms with Gasteiger partial charge in [-0.05, 0) is 19.1 Å². The summed E-state index contributed by atoms with van der Waals surface area (Å²) in [6.07, 6.45) is 0. The van der Waals surface area contributed by atoms with Gasteiger partial charge in [0, 0.05) is 17.7 Å². The molecule has 0 radical (unpaired) electrons. The van der Waals surface area contributed by atoms with E-state index in [-0.39, 0.29) is 17.3 Å². The van der Waals surface area contributed by atoms with Crippen LogP contribution in [0.2, 0.25) is 5.02 Å². The highest BCUT2D eigenvalue weighted by Gasteiger charge is 2.12. The number of non-ortho nitro benzene ring substituents is 1. The highest BCUT2D eigenvalue weighted by atomic mass is 35.5. The molecular weight excluding hydrogens is 282 g/mol. The van der Waals surface area contributed by atoms with Gasteiger partial charge in [0.15, 0.2) is 0 Å². The van der Waals surface area contributed by atoms with Gasteiger partial charge in [-0.3, -0.25) is 10.1 Å². The van der Waals surface area contributed by atoms with E-state index in [0.29, 0.717) is 17.1 Å². The van der Waals surface area contributed by atoms with Gasteiger partial charge in [0.1, 0.15) is 11.5 Å². The van der Waals surface area contributed by atoms with Crippen LogP contribution in [0, 0.1) is 17.0 Å². The van der Waals surface area contributed by atoms with Gasteiger partial charge in [0.25, 0.3) is 5.69 Å². The molecule has 2 aromatic rings. The number of hydrogen-bond acceptors (Lipinski definition) is 4. The quantitative estimate of drug-likeness (QED) is 0.686. The number of hydrogen-bond donors (Lipinski definition) is 1. The normalized spacial score (nSPS) is 10.3. The second kappa shape index (κ2) is 5.90. The number of nitrogens with zero attached hydrogens (tertiary/aromatic N) is 1. The molecule has 0 saturated carbocycles. The van der Waals surface area contributed by atoms with Gasteiger partial charge in [-0.1, -0.05) is 29.3 Å². The Morgan fingerprint density at radius 1 is 1.25 bits per heavy atom. The minimum atomic E-state index is -0.527. The van der Waals surface area contributed by atoms with Crippen LogP contribution in [-0.4, -0.2) is 10.0 Å². The van der Waals surface area contributed by atoms with Crippen molar-refractivity contribution in [1.29, 1.82) is 0 Å². The van der Waals surface area contributed by atoms with Crippen LogP contribution in [0.1, 0.15) is 11.1 Å². The summed E-state index contributed by atoms with van der Waals surface area (Å²) in [4.78, 5) is 10.1. The van der Waals surface area contributed by atoms with Crippen molar-refractivity contribution in [2.24, 2.45) is 0 Å². The molecule has 0 saturated heterocycles.